The number of aliphatic carboxylic acids is 1. The Morgan fingerprint density at radius 3 is 2.73 bits per heavy atom. The smallest absolute Gasteiger partial charge is 0.303 e. The lowest BCUT2D eigenvalue weighted by atomic mass is 9.78. The van der Waals surface area contributed by atoms with Crippen LogP contribution in [0.2, 0.25) is 0 Å². The quantitative estimate of drug-likeness (QED) is 0.448. The molecule has 126 valence electrons. The Morgan fingerprint density at radius 1 is 1.23 bits per heavy atom. The summed E-state index contributed by atoms with van der Waals surface area (Å²) in [6.07, 6.45) is 13.5. The van der Waals surface area contributed by atoms with Crippen molar-refractivity contribution in [2.45, 2.75) is 70.5 Å². The third kappa shape index (κ3) is 5.31. The SMILES string of the molecule is CCCCSCC1C2CCC(O2)C1C/C=C\CCCC(=O)O. The van der Waals surface area contributed by atoms with Gasteiger partial charge in [-0.2, -0.15) is 11.8 Å². The van der Waals surface area contributed by atoms with Crippen molar-refractivity contribution in [2.24, 2.45) is 11.8 Å². The van der Waals surface area contributed by atoms with E-state index in [9.17, 15) is 4.79 Å². The summed E-state index contributed by atoms with van der Waals surface area (Å²) in [5, 5.41) is 8.63. The lowest BCUT2D eigenvalue weighted by Crippen LogP contribution is -2.28. The average molecular weight is 327 g/mol. The van der Waals surface area contributed by atoms with Gasteiger partial charge in [0.15, 0.2) is 0 Å². The minimum atomic E-state index is -0.695. The fourth-order valence-electron chi connectivity index (χ4n) is 3.64. The van der Waals surface area contributed by atoms with Gasteiger partial charge in [-0.1, -0.05) is 25.5 Å². The molecule has 2 fully saturated rings. The summed E-state index contributed by atoms with van der Waals surface area (Å²) >= 11 is 2.10. The highest BCUT2D eigenvalue weighted by molar-refractivity contribution is 7.99. The van der Waals surface area contributed by atoms with Crippen LogP contribution in [0, 0.1) is 11.8 Å². The first-order valence-corrected chi connectivity index (χ1v) is 9.97. The monoisotopic (exact) mass is 326 g/mol. The molecule has 22 heavy (non-hydrogen) atoms. The number of carboxylic acids is 1. The van der Waals surface area contributed by atoms with Crippen LogP contribution in [0.25, 0.3) is 0 Å². The molecule has 4 atom stereocenters. The summed E-state index contributed by atoms with van der Waals surface area (Å²) in [5.41, 5.74) is 0. The molecular formula is C18H30O3S. The number of thioether (sulfide) groups is 1. The topological polar surface area (TPSA) is 46.5 Å². The van der Waals surface area contributed by atoms with Crippen LogP contribution in [0.3, 0.4) is 0 Å². The first-order valence-electron chi connectivity index (χ1n) is 8.82. The second-order valence-electron chi connectivity index (χ2n) is 6.54. The van der Waals surface area contributed by atoms with E-state index in [2.05, 4.69) is 30.8 Å². The minimum absolute atomic E-state index is 0.276. The molecule has 0 aliphatic carbocycles. The third-order valence-corrected chi connectivity index (χ3v) is 6.08. The van der Waals surface area contributed by atoms with Gasteiger partial charge >= 0.3 is 5.97 Å². The second-order valence-corrected chi connectivity index (χ2v) is 7.69. The van der Waals surface area contributed by atoms with Crippen LogP contribution >= 0.6 is 11.8 Å². The minimum Gasteiger partial charge on any atom is -0.481 e. The number of rotatable bonds is 11. The van der Waals surface area contributed by atoms with Crippen molar-refractivity contribution in [1.29, 1.82) is 0 Å². The fourth-order valence-corrected chi connectivity index (χ4v) is 5.03. The van der Waals surface area contributed by atoms with Crippen LogP contribution in [0.4, 0.5) is 0 Å². The van der Waals surface area contributed by atoms with E-state index >= 15 is 0 Å². The maximum Gasteiger partial charge on any atom is 0.303 e. The predicted octanol–water partition coefficient (Wildman–Crippen LogP) is 4.51. The van der Waals surface area contributed by atoms with Crippen molar-refractivity contribution in [1.82, 2.24) is 0 Å². The van der Waals surface area contributed by atoms with Gasteiger partial charge in [0.25, 0.3) is 0 Å². The van der Waals surface area contributed by atoms with Crippen LogP contribution in [0.5, 0.6) is 0 Å². The summed E-state index contributed by atoms with van der Waals surface area (Å²) in [6, 6.07) is 0. The zero-order valence-corrected chi connectivity index (χ0v) is 14.5. The Labute approximate surface area is 138 Å². The molecule has 2 saturated heterocycles. The van der Waals surface area contributed by atoms with Crippen molar-refractivity contribution in [3.05, 3.63) is 12.2 Å². The molecular weight excluding hydrogens is 296 g/mol. The number of unbranched alkanes of at least 4 members (excludes halogenated alkanes) is 2. The molecule has 1 N–H and O–H groups in total. The lowest BCUT2D eigenvalue weighted by molar-refractivity contribution is -0.137. The van der Waals surface area contributed by atoms with Gasteiger partial charge in [0.2, 0.25) is 0 Å². The Balaban J connectivity index is 1.70. The maximum absolute atomic E-state index is 10.5. The molecule has 0 radical (unpaired) electrons. The summed E-state index contributed by atoms with van der Waals surface area (Å²) in [7, 11) is 0. The van der Waals surface area contributed by atoms with E-state index in [4.69, 9.17) is 9.84 Å². The van der Waals surface area contributed by atoms with E-state index in [0.29, 0.717) is 18.1 Å². The maximum atomic E-state index is 10.5. The van der Waals surface area contributed by atoms with Gasteiger partial charge in [-0.25, -0.2) is 0 Å². The van der Waals surface area contributed by atoms with Gasteiger partial charge in [-0.15, -0.1) is 0 Å². The number of ether oxygens (including phenoxy) is 1. The highest BCUT2D eigenvalue weighted by Gasteiger charge is 2.47. The predicted molar refractivity (Wildman–Crippen MR) is 92.4 cm³/mol. The van der Waals surface area contributed by atoms with E-state index in [1.54, 1.807) is 0 Å². The Hall–Kier alpha value is -0.480. The van der Waals surface area contributed by atoms with Crippen LogP contribution in [-0.2, 0) is 9.53 Å². The molecule has 2 bridgehead atoms. The largest absolute Gasteiger partial charge is 0.481 e. The normalized spacial score (nSPS) is 30.4. The molecule has 4 unspecified atom stereocenters. The molecule has 3 nitrogen and oxygen atoms in total. The van der Waals surface area contributed by atoms with Crippen molar-refractivity contribution < 1.29 is 14.6 Å². The molecule has 2 heterocycles. The first-order chi connectivity index (χ1) is 10.7. The lowest BCUT2D eigenvalue weighted by Gasteiger charge is -2.27. The molecule has 4 heteroatoms. The molecule has 2 aliphatic rings. The summed E-state index contributed by atoms with van der Waals surface area (Å²) in [5.74, 6) is 3.24. The van der Waals surface area contributed by atoms with Gasteiger partial charge in [0, 0.05) is 6.42 Å². The van der Waals surface area contributed by atoms with Gasteiger partial charge in [0.05, 0.1) is 12.2 Å². The Morgan fingerprint density at radius 2 is 2.00 bits per heavy atom. The zero-order chi connectivity index (χ0) is 15.8. The molecule has 2 rings (SSSR count). The molecule has 0 aromatic heterocycles. The highest BCUT2D eigenvalue weighted by atomic mass is 32.2. The van der Waals surface area contributed by atoms with Crippen LogP contribution in [-0.4, -0.2) is 34.8 Å². The Kier molecular flexibility index (Phi) is 7.81. The highest BCUT2D eigenvalue weighted by Crippen LogP contribution is 2.46. The third-order valence-electron chi connectivity index (χ3n) is 4.88. The van der Waals surface area contributed by atoms with E-state index in [1.165, 1.54) is 37.2 Å². The van der Waals surface area contributed by atoms with Gasteiger partial charge in [-0.3, -0.25) is 4.79 Å². The number of carbonyl (C=O) groups is 1. The summed E-state index contributed by atoms with van der Waals surface area (Å²) in [6.45, 7) is 2.25. The number of carboxylic acid groups (broad SMARTS) is 1. The van der Waals surface area contributed by atoms with E-state index < -0.39 is 5.97 Å². The van der Waals surface area contributed by atoms with Crippen molar-refractivity contribution in [3.8, 4) is 0 Å². The zero-order valence-electron chi connectivity index (χ0n) is 13.7. The fraction of sp³-hybridized carbons (Fsp3) is 0.833. The molecule has 0 saturated carbocycles. The standard InChI is InChI=1S/C18H30O3S/c1-2-3-12-22-13-15-14(16-10-11-17(15)21-16)8-6-4-5-7-9-18(19)20/h4,6,14-17H,2-3,5,7-13H2,1H3,(H,19,20)/b6-4-. The number of hydrogen-bond donors (Lipinski definition) is 1. The van der Waals surface area contributed by atoms with E-state index in [1.807, 2.05) is 0 Å². The first kappa shape index (κ1) is 17.9. The molecule has 0 aromatic rings. The van der Waals surface area contributed by atoms with Crippen LogP contribution in [0.15, 0.2) is 12.2 Å². The Bertz CT molecular complexity index is 369. The van der Waals surface area contributed by atoms with Crippen molar-refractivity contribution >= 4 is 17.7 Å². The van der Waals surface area contributed by atoms with Crippen molar-refractivity contribution in [2.75, 3.05) is 11.5 Å². The van der Waals surface area contributed by atoms with Gasteiger partial charge in [0.1, 0.15) is 0 Å². The molecule has 2 aliphatic heterocycles. The van der Waals surface area contributed by atoms with E-state index in [-0.39, 0.29) is 6.42 Å². The number of allylic oxidation sites excluding steroid dienone is 2. The number of hydrogen-bond acceptors (Lipinski definition) is 3. The average Bonchev–Trinajstić information content (AvgIpc) is 3.08. The van der Waals surface area contributed by atoms with Crippen molar-refractivity contribution in [3.63, 3.8) is 0 Å². The van der Waals surface area contributed by atoms with Gasteiger partial charge in [-0.05, 0) is 61.9 Å². The van der Waals surface area contributed by atoms with Gasteiger partial charge < -0.3 is 9.84 Å². The second kappa shape index (κ2) is 9.61. The summed E-state index contributed by atoms with van der Waals surface area (Å²) in [4.78, 5) is 10.5. The van der Waals surface area contributed by atoms with Crippen LogP contribution in [0.1, 0.15) is 58.3 Å². The molecule has 0 spiro atoms. The van der Waals surface area contributed by atoms with Crippen LogP contribution < -0.4 is 0 Å². The molecule has 0 amide bonds. The molecule has 0 aromatic carbocycles. The summed E-state index contributed by atoms with van der Waals surface area (Å²) < 4.78 is 6.14. The number of fused-ring (bicyclic) bond motifs is 2. The van der Waals surface area contributed by atoms with E-state index in [0.717, 1.165) is 25.2 Å².